The third-order valence-corrected chi connectivity index (χ3v) is 3.82. The SMILES string of the molecule is Nc1cccc(C(=O)NCc2ccc(CO)cc2)c1Br. The van der Waals surface area contributed by atoms with Crippen molar-refractivity contribution >= 4 is 27.5 Å². The molecule has 2 aromatic rings. The van der Waals surface area contributed by atoms with Crippen molar-refractivity contribution in [3.8, 4) is 0 Å². The van der Waals surface area contributed by atoms with E-state index in [1.807, 2.05) is 24.3 Å². The predicted molar refractivity (Wildman–Crippen MR) is 82.1 cm³/mol. The Morgan fingerprint density at radius 3 is 2.45 bits per heavy atom. The van der Waals surface area contributed by atoms with Crippen molar-refractivity contribution in [2.45, 2.75) is 13.2 Å². The first kappa shape index (κ1) is 14.6. The van der Waals surface area contributed by atoms with E-state index in [-0.39, 0.29) is 12.5 Å². The van der Waals surface area contributed by atoms with E-state index in [0.717, 1.165) is 11.1 Å². The summed E-state index contributed by atoms with van der Waals surface area (Å²) >= 11 is 3.31. The number of anilines is 1. The number of aliphatic hydroxyl groups excluding tert-OH is 1. The van der Waals surface area contributed by atoms with Gasteiger partial charge in [-0.05, 0) is 39.2 Å². The van der Waals surface area contributed by atoms with Gasteiger partial charge in [0.15, 0.2) is 0 Å². The van der Waals surface area contributed by atoms with Crippen molar-refractivity contribution in [3.05, 3.63) is 63.6 Å². The third-order valence-electron chi connectivity index (χ3n) is 2.93. The third kappa shape index (κ3) is 3.37. The van der Waals surface area contributed by atoms with Crippen LogP contribution in [0.4, 0.5) is 5.69 Å². The highest BCUT2D eigenvalue weighted by Gasteiger charge is 2.11. The van der Waals surface area contributed by atoms with Gasteiger partial charge in [0.1, 0.15) is 0 Å². The Kier molecular flexibility index (Phi) is 4.76. The minimum atomic E-state index is -0.185. The van der Waals surface area contributed by atoms with E-state index in [4.69, 9.17) is 10.8 Å². The standard InChI is InChI=1S/C15H15BrN2O2/c16-14-12(2-1-3-13(14)17)15(20)18-8-10-4-6-11(9-19)7-5-10/h1-7,19H,8-9,17H2,(H,18,20). The van der Waals surface area contributed by atoms with E-state index in [9.17, 15) is 4.79 Å². The normalized spacial score (nSPS) is 10.3. The molecule has 4 N–H and O–H groups in total. The molecule has 1 amide bonds. The van der Waals surface area contributed by atoms with Gasteiger partial charge < -0.3 is 16.2 Å². The molecule has 0 aliphatic heterocycles. The number of hydrogen-bond acceptors (Lipinski definition) is 3. The van der Waals surface area contributed by atoms with Crippen LogP contribution in [0.3, 0.4) is 0 Å². The fraction of sp³-hybridized carbons (Fsp3) is 0.133. The van der Waals surface area contributed by atoms with Gasteiger partial charge in [0.05, 0.1) is 16.6 Å². The molecule has 2 rings (SSSR count). The molecule has 2 aromatic carbocycles. The average molecular weight is 335 g/mol. The summed E-state index contributed by atoms with van der Waals surface area (Å²) < 4.78 is 0.605. The molecule has 0 radical (unpaired) electrons. The number of amides is 1. The smallest absolute Gasteiger partial charge is 0.252 e. The average Bonchev–Trinajstić information content (AvgIpc) is 2.48. The lowest BCUT2D eigenvalue weighted by molar-refractivity contribution is 0.0950. The maximum absolute atomic E-state index is 12.1. The molecule has 0 spiro atoms. The summed E-state index contributed by atoms with van der Waals surface area (Å²) in [6.45, 7) is 0.439. The van der Waals surface area contributed by atoms with Crippen molar-refractivity contribution in [1.82, 2.24) is 5.32 Å². The van der Waals surface area contributed by atoms with E-state index in [1.165, 1.54) is 0 Å². The molecule has 0 atom stereocenters. The lowest BCUT2D eigenvalue weighted by atomic mass is 10.1. The van der Waals surface area contributed by atoms with Gasteiger partial charge in [-0.1, -0.05) is 30.3 Å². The summed E-state index contributed by atoms with van der Waals surface area (Å²) in [5, 5.41) is 11.8. The maximum atomic E-state index is 12.1. The largest absolute Gasteiger partial charge is 0.398 e. The topological polar surface area (TPSA) is 75.4 Å². The van der Waals surface area contributed by atoms with Crippen molar-refractivity contribution < 1.29 is 9.90 Å². The minimum Gasteiger partial charge on any atom is -0.398 e. The number of nitrogens with two attached hydrogens (primary N) is 1. The van der Waals surface area contributed by atoms with Gasteiger partial charge in [0, 0.05) is 12.2 Å². The first-order chi connectivity index (χ1) is 9.61. The van der Waals surface area contributed by atoms with Crippen molar-refractivity contribution in [1.29, 1.82) is 0 Å². The Hall–Kier alpha value is -1.85. The molecule has 0 heterocycles. The Labute approximate surface area is 125 Å². The molecule has 0 aliphatic rings. The lowest BCUT2D eigenvalue weighted by Gasteiger charge is -2.08. The molecule has 0 aromatic heterocycles. The summed E-state index contributed by atoms with van der Waals surface area (Å²) in [5.74, 6) is -0.185. The first-order valence-electron chi connectivity index (χ1n) is 6.12. The quantitative estimate of drug-likeness (QED) is 0.752. The highest BCUT2D eigenvalue weighted by atomic mass is 79.9. The highest BCUT2D eigenvalue weighted by molar-refractivity contribution is 9.10. The van der Waals surface area contributed by atoms with Crippen LogP contribution in [0, 0.1) is 0 Å². The molecular formula is C15H15BrN2O2. The number of nitrogen functional groups attached to an aromatic ring is 1. The zero-order valence-corrected chi connectivity index (χ0v) is 12.4. The zero-order valence-electron chi connectivity index (χ0n) is 10.8. The van der Waals surface area contributed by atoms with Crippen LogP contribution >= 0.6 is 15.9 Å². The van der Waals surface area contributed by atoms with Crippen LogP contribution in [0.5, 0.6) is 0 Å². The number of carbonyl (C=O) groups is 1. The predicted octanol–water partition coefficient (Wildman–Crippen LogP) is 2.45. The molecule has 20 heavy (non-hydrogen) atoms. The van der Waals surface area contributed by atoms with Gasteiger partial charge in [-0.3, -0.25) is 4.79 Å². The minimum absolute atomic E-state index is 0.0167. The molecule has 0 unspecified atom stereocenters. The van der Waals surface area contributed by atoms with Crippen LogP contribution in [0.15, 0.2) is 46.9 Å². The zero-order chi connectivity index (χ0) is 14.5. The number of carbonyl (C=O) groups excluding carboxylic acids is 1. The van der Waals surface area contributed by atoms with E-state index >= 15 is 0 Å². The van der Waals surface area contributed by atoms with Crippen LogP contribution in [0.25, 0.3) is 0 Å². The van der Waals surface area contributed by atoms with Crippen LogP contribution in [0.1, 0.15) is 21.5 Å². The van der Waals surface area contributed by atoms with Crippen LogP contribution in [0.2, 0.25) is 0 Å². The Bertz CT molecular complexity index is 612. The molecule has 4 nitrogen and oxygen atoms in total. The second-order valence-corrected chi connectivity index (χ2v) is 5.16. The fourth-order valence-corrected chi connectivity index (χ4v) is 2.21. The Balaban J connectivity index is 2.02. The lowest BCUT2D eigenvalue weighted by Crippen LogP contribution is -2.23. The Morgan fingerprint density at radius 2 is 1.80 bits per heavy atom. The molecular weight excluding hydrogens is 320 g/mol. The van der Waals surface area contributed by atoms with Crippen LogP contribution in [-0.2, 0) is 13.2 Å². The van der Waals surface area contributed by atoms with Crippen LogP contribution < -0.4 is 11.1 Å². The van der Waals surface area contributed by atoms with Gasteiger partial charge in [-0.15, -0.1) is 0 Å². The Morgan fingerprint density at radius 1 is 1.15 bits per heavy atom. The summed E-state index contributed by atoms with van der Waals surface area (Å²) in [6.07, 6.45) is 0. The van der Waals surface area contributed by atoms with Gasteiger partial charge in [-0.25, -0.2) is 0 Å². The maximum Gasteiger partial charge on any atom is 0.252 e. The number of halogens is 1. The number of aliphatic hydroxyl groups is 1. The van der Waals surface area contributed by atoms with Crippen molar-refractivity contribution in [3.63, 3.8) is 0 Å². The van der Waals surface area contributed by atoms with Gasteiger partial charge in [-0.2, -0.15) is 0 Å². The first-order valence-corrected chi connectivity index (χ1v) is 6.92. The summed E-state index contributed by atoms with van der Waals surface area (Å²) in [6, 6.07) is 12.6. The van der Waals surface area contributed by atoms with Crippen molar-refractivity contribution in [2.24, 2.45) is 0 Å². The van der Waals surface area contributed by atoms with Crippen molar-refractivity contribution in [2.75, 3.05) is 5.73 Å². The molecule has 0 aliphatic carbocycles. The molecule has 5 heteroatoms. The van der Waals surface area contributed by atoms with E-state index < -0.39 is 0 Å². The van der Waals surface area contributed by atoms with Crippen LogP contribution in [-0.4, -0.2) is 11.0 Å². The number of benzene rings is 2. The molecule has 104 valence electrons. The highest BCUT2D eigenvalue weighted by Crippen LogP contribution is 2.23. The summed E-state index contributed by atoms with van der Waals surface area (Å²) in [5.41, 5.74) is 8.60. The number of rotatable bonds is 4. The molecule has 0 fully saturated rings. The second kappa shape index (κ2) is 6.54. The summed E-state index contributed by atoms with van der Waals surface area (Å²) in [7, 11) is 0. The second-order valence-electron chi connectivity index (χ2n) is 4.37. The molecule has 0 saturated heterocycles. The fourth-order valence-electron chi connectivity index (χ4n) is 1.77. The molecule has 0 saturated carbocycles. The van der Waals surface area contributed by atoms with Gasteiger partial charge >= 0.3 is 0 Å². The van der Waals surface area contributed by atoms with Gasteiger partial charge in [0.2, 0.25) is 0 Å². The van der Waals surface area contributed by atoms with Gasteiger partial charge in [0.25, 0.3) is 5.91 Å². The molecule has 0 bridgehead atoms. The number of nitrogens with one attached hydrogen (secondary N) is 1. The van der Waals surface area contributed by atoms with E-state index in [0.29, 0.717) is 22.3 Å². The monoisotopic (exact) mass is 334 g/mol. The summed E-state index contributed by atoms with van der Waals surface area (Å²) in [4.78, 5) is 12.1. The number of hydrogen-bond donors (Lipinski definition) is 3. The van der Waals surface area contributed by atoms with E-state index in [2.05, 4.69) is 21.2 Å². The van der Waals surface area contributed by atoms with E-state index in [1.54, 1.807) is 18.2 Å².